The van der Waals surface area contributed by atoms with E-state index in [1.165, 1.54) is 0 Å². The van der Waals surface area contributed by atoms with Gasteiger partial charge in [-0.2, -0.15) is 0 Å². The van der Waals surface area contributed by atoms with E-state index >= 15 is 0 Å². The zero-order chi connectivity index (χ0) is 14.7. The molecular formula is C13H26O6. The van der Waals surface area contributed by atoms with E-state index in [2.05, 4.69) is 0 Å². The first-order valence-corrected chi connectivity index (χ1v) is 6.68. The summed E-state index contributed by atoms with van der Waals surface area (Å²) in [6, 6.07) is 0. The summed E-state index contributed by atoms with van der Waals surface area (Å²) >= 11 is 0. The molecule has 6 heteroatoms. The predicted molar refractivity (Wildman–Crippen MR) is 69.0 cm³/mol. The van der Waals surface area contributed by atoms with E-state index in [4.69, 9.17) is 24.7 Å². The molecule has 0 heterocycles. The first-order valence-electron chi connectivity index (χ1n) is 6.68. The highest BCUT2D eigenvalue weighted by Gasteiger charge is 2.26. The van der Waals surface area contributed by atoms with Crippen LogP contribution in [0.25, 0.3) is 0 Å². The van der Waals surface area contributed by atoms with Gasteiger partial charge in [-0.05, 0) is 26.7 Å². The van der Waals surface area contributed by atoms with Gasteiger partial charge >= 0.3 is 5.97 Å². The SMILES string of the molecule is CCC(C)(C)C(=O)OCCCOOCCCC(O)O. The Morgan fingerprint density at radius 2 is 1.68 bits per heavy atom. The lowest BCUT2D eigenvalue weighted by molar-refractivity contribution is -0.296. The molecule has 0 saturated carbocycles. The van der Waals surface area contributed by atoms with Crippen molar-refractivity contribution in [3.8, 4) is 0 Å². The van der Waals surface area contributed by atoms with Crippen molar-refractivity contribution in [2.75, 3.05) is 19.8 Å². The molecule has 0 aromatic carbocycles. The first-order chi connectivity index (χ1) is 8.90. The quantitative estimate of drug-likeness (QED) is 0.195. The van der Waals surface area contributed by atoms with Crippen LogP contribution in [-0.2, 0) is 19.3 Å². The van der Waals surface area contributed by atoms with Gasteiger partial charge in [-0.1, -0.05) is 6.92 Å². The Morgan fingerprint density at radius 3 is 2.21 bits per heavy atom. The molecule has 6 nitrogen and oxygen atoms in total. The molecule has 0 aromatic rings. The highest BCUT2D eigenvalue weighted by Crippen LogP contribution is 2.21. The third-order valence-corrected chi connectivity index (χ3v) is 2.81. The highest BCUT2D eigenvalue weighted by atomic mass is 17.2. The Kier molecular flexibility index (Phi) is 9.77. The Hall–Kier alpha value is -0.690. The van der Waals surface area contributed by atoms with Crippen molar-refractivity contribution in [1.82, 2.24) is 0 Å². The van der Waals surface area contributed by atoms with Crippen molar-refractivity contribution in [3.05, 3.63) is 0 Å². The van der Waals surface area contributed by atoms with Gasteiger partial charge in [0.1, 0.15) is 0 Å². The third-order valence-electron chi connectivity index (χ3n) is 2.81. The number of esters is 1. The molecule has 0 radical (unpaired) electrons. The number of carbonyl (C=O) groups is 1. The summed E-state index contributed by atoms with van der Waals surface area (Å²) in [5, 5.41) is 17.1. The number of carbonyl (C=O) groups excluding carboxylic acids is 1. The molecule has 19 heavy (non-hydrogen) atoms. The second-order valence-corrected chi connectivity index (χ2v) is 4.99. The molecule has 0 unspecified atom stereocenters. The lowest BCUT2D eigenvalue weighted by Gasteiger charge is -2.20. The minimum Gasteiger partial charge on any atom is -0.465 e. The Bertz CT molecular complexity index is 239. The normalized spacial score (nSPS) is 11.9. The molecule has 0 aromatic heterocycles. The van der Waals surface area contributed by atoms with Crippen LogP contribution in [0.2, 0.25) is 0 Å². The van der Waals surface area contributed by atoms with Crippen LogP contribution in [0.15, 0.2) is 0 Å². The van der Waals surface area contributed by atoms with Crippen LogP contribution in [0.4, 0.5) is 0 Å². The average Bonchev–Trinajstić information content (AvgIpc) is 2.36. The maximum absolute atomic E-state index is 11.6. The van der Waals surface area contributed by atoms with Crippen LogP contribution in [0.5, 0.6) is 0 Å². The molecule has 114 valence electrons. The number of aliphatic hydroxyl groups is 2. The maximum atomic E-state index is 11.6. The fraction of sp³-hybridized carbons (Fsp3) is 0.923. The molecule has 0 rings (SSSR count). The Balaban J connectivity index is 3.34. The average molecular weight is 278 g/mol. The van der Waals surface area contributed by atoms with E-state index < -0.39 is 11.7 Å². The van der Waals surface area contributed by atoms with Gasteiger partial charge in [-0.15, -0.1) is 0 Å². The summed E-state index contributed by atoms with van der Waals surface area (Å²) in [5.74, 6) is -0.201. The minimum absolute atomic E-state index is 0.201. The van der Waals surface area contributed by atoms with Gasteiger partial charge < -0.3 is 14.9 Å². The standard InChI is InChI=1S/C13H26O6/c1-4-13(2,3)12(16)17-8-6-10-19-18-9-5-7-11(14)15/h11,14-15H,4-10H2,1-3H3. The summed E-state index contributed by atoms with van der Waals surface area (Å²) in [5.41, 5.74) is -0.442. The first kappa shape index (κ1) is 18.3. The summed E-state index contributed by atoms with van der Waals surface area (Å²) < 4.78 is 5.12. The van der Waals surface area contributed by atoms with Crippen LogP contribution in [0.3, 0.4) is 0 Å². The Morgan fingerprint density at radius 1 is 1.11 bits per heavy atom. The molecule has 2 N–H and O–H groups in total. The second kappa shape index (κ2) is 10.1. The van der Waals surface area contributed by atoms with Gasteiger partial charge in [-0.3, -0.25) is 4.79 Å². The molecule has 0 aliphatic carbocycles. The van der Waals surface area contributed by atoms with Crippen LogP contribution in [-0.4, -0.2) is 42.3 Å². The van der Waals surface area contributed by atoms with Gasteiger partial charge in [-0.25, -0.2) is 9.78 Å². The maximum Gasteiger partial charge on any atom is 0.311 e. The fourth-order valence-electron chi connectivity index (χ4n) is 1.07. The number of rotatable bonds is 11. The van der Waals surface area contributed by atoms with Crippen molar-refractivity contribution in [3.63, 3.8) is 0 Å². The predicted octanol–water partition coefficient (Wildman–Crippen LogP) is 1.40. The van der Waals surface area contributed by atoms with E-state index in [0.717, 1.165) is 6.42 Å². The molecule has 0 aliphatic heterocycles. The van der Waals surface area contributed by atoms with Gasteiger partial charge in [0, 0.05) is 12.8 Å². The van der Waals surface area contributed by atoms with E-state index in [1.807, 2.05) is 20.8 Å². The number of ether oxygens (including phenoxy) is 1. The molecule has 0 saturated heterocycles. The summed E-state index contributed by atoms with van der Waals surface area (Å²) in [6.07, 6.45) is 0.769. The number of hydrogen-bond acceptors (Lipinski definition) is 6. The lowest BCUT2D eigenvalue weighted by atomic mass is 9.91. The van der Waals surface area contributed by atoms with Crippen molar-refractivity contribution < 1.29 is 29.5 Å². The van der Waals surface area contributed by atoms with Crippen LogP contribution < -0.4 is 0 Å². The van der Waals surface area contributed by atoms with Gasteiger partial charge in [0.2, 0.25) is 0 Å². The van der Waals surface area contributed by atoms with E-state index in [0.29, 0.717) is 32.7 Å². The van der Waals surface area contributed by atoms with Gasteiger partial charge in [0.15, 0.2) is 6.29 Å². The molecule has 0 amide bonds. The van der Waals surface area contributed by atoms with E-state index in [9.17, 15) is 4.79 Å². The zero-order valence-corrected chi connectivity index (χ0v) is 12.1. The minimum atomic E-state index is -1.30. The van der Waals surface area contributed by atoms with Crippen LogP contribution >= 0.6 is 0 Å². The monoisotopic (exact) mass is 278 g/mol. The Labute approximate surface area is 114 Å². The highest BCUT2D eigenvalue weighted by molar-refractivity contribution is 5.75. The number of aliphatic hydroxyl groups excluding tert-OH is 1. The largest absolute Gasteiger partial charge is 0.465 e. The van der Waals surface area contributed by atoms with Gasteiger partial charge in [0.25, 0.3) is 0 Å². The summed E-state index contributed by atoms with van der Waals surface area (Å²) in [4.78, 5) is 21.3. The fourth-order valence-corrected chi connectivity index (χ4v) is 1.07. The number of hydrogen-bond donors (Lipinski definition) is 2. The summed E-state index contributed by atoms with van der Waals surface area (Å²) in [7, 11) is 0. The third kappa shape index (κ3) is 9.84. The zero-order valence-electron chi connectivity index (χ0n) is 12.1. The molecule has 0 bridgehead atoms. The summed E-state index contributed by atoms with van der Waals surface area (Å²) in [6.45, 7) is 6.60. The molecule has 0 aliphatic rings. The lowest BCUT2D eigenvalue weighted by Crippen LogP contribution is -2.26. The van der Waals surface area contributed by atoms with Crippen molar-refractivity contribution in [2.24, 2.45) is 5.41 Å². The molecular weight excluding hydrogens is 252 g/mol. The van der Waals surface area contributed by atoms with E-state index in [-0.39, 0.29) is 12.4 Å². The molecule has 0 spiro atoms. The van der Waals surface area contributed by atoms with E-state index in [1.54, 1.807) is 0 Å². The van der Waals surface area contributed by atoms with Crippen molar-refractivity contribution in [2.45, 2.75) is 52.7 Å². The molecule has 0 fully saturated rings. The molecule has 0 atom stereocenters. The van der Waals surface area contributed by atoms with Crippen molar-refractivity contribution in [1.29, 1.82) is 0 Å². The van der Waals surface area contributed by atoms with Crippen LogP contribution in [0, 0.1) is 5.41 Å². The van der Waals surface area contributed by atoms with Gasteiger partial charge in [0.05, 0.1) is 25.2 Å². The topological polar surface area (TPSA) is 85.2 Å². The smallest absolute Gasteiger partial charge is 0.311 e. The second-order valence-electron chi connectivity index (χ2n) is 4.99. The van der Waals surface area contributed by atoms with Crippen molar-refractivity contribution >= 4 is 5.97 Å². The van der Waals surface area contributed by atoms with Crippen LogP contribution in [0.1, 0.15) is 46.5 Å².